The fraction of sp³-hybridized carbons (Fsp3) is 0.462. The molecule has 1 rings (SSSR count). The van der Waals surface area contributed by atoms with E-state index in [9.17, 15) is 4.79 Å². The van der Waals surface area contributed by atoms with E-state index in [1.807, 2.05) is 32.0 Å². The van der Waals surface area contributed by atoms with Crippen LogP contribution in [0.4, 0.5) is 0 Å². The summed E-state index contributed by atoms with van der Waals surface area (Å²) in [6, 6.07) is 5.85. The average Bonchev–Trinajstić information content (AvgIpc) is 2.30. The topological polar surface area (TPSA) is 65.8 Å². The monoisotopic (exact) mass is 231 g/mol. The molecule has 0 aliphatic rings. The molecule has 0 radical (unpaired) electrons. The maximum absolute atomic E-state index is 11.7. The molecule has 0 fully saturated rings. The van der Waals surface area contributed by atoms with E-state index in [1.54, 1.807) is 12.4 Å². The highest BCUT2D eigenvalue weighted by molar-refractivity contribution is 5.81. The van der Waals surface area contributed by atoms with Crippen LogP contribution < -0.4 is 5.32 Å². The molecule has 1 unspecified atom stereocenters. The first-order valence-corrected chi connectivity index (χ1v) is 5.71. The Morgan fingerprint density at radius 3 is 2.65 bits per heavy atom. The number of nitrogens with zero attached hydrogens (tertiary/aromatic N) is 2. The molecule has 0 spiro atoms. The summed E-state index contributed by atoms with van der Waals surface area (Å²) in [6.07, 6.45) is 4.21. The lowest BCUT2D eigenvalue weighted by molar-refractivity contribution is -0.124. The zero-order valence-corrected chi connectivity index (χ0v) is 10.2. The lowest BCUT2D eigenvalue weighted by atomic mass is 9.96. The number of aromatic nitrogens is 1. The summed E-state index contributed by atoms with van der Waals surface area (Å²) in [5.74, 6) is -0.704. The fourth-order valence-corrected chi connectivity index (χ4v) is 1.50. The maximum Gasteiger partial charge on any atom is 0.237 e. The minimum absolute atomic E-state index is 0.0425. The van der Waals surface area contributed by atoms with E-state index in [1.165, 1.54) is 0 Å². The molecular weight excluding hydrogens is 214 g/mol. The SMILES string of the molecule is CC(C)C(C#N)C(=O)NCCc1ccncc1. The smallest absolute Gasteiger partial charge is 0.237 e. The van der Waals surface area contributed by atoms with Crippen LogP contribution in [-0.2, 0) is 11.2 Å². The molecule has 0 bridgehead atoms. The third kappa shape index (κ3) is 4.23. The largest absolute Gasteiger partial charge is 0.355 e. The summed E-state index contributed by atoms with van der Waals surface area (Å²) in [5, 5.41) is 11.6. The Morgan fingerprint density at radius 2 is 2.12 bits per heavy atom. The predicted octanol–water partition coefficient (Wildman–Crippen LogP) is 1.54. The van der Waals surface area contributed by atoms with Gasteiger partial charge in [0.1, 0.15) is 5.92 Å². The van der Waals surface area contributed by atoms with Crippen LogP contribution >= 0.6 is 0 Å². The zero-order valence-electron chi connectivity index (χ0n) is 10.2. The third-order valence-corrected chi connectivity index (χ3v) is 2.55. The molecule has 4 nitrogen and oxygen atoms in total. The quantitative estimate of drug-likeness (QED) is 0.835. The third-order valence-electron chi connectivity index (χ3n) is 2.55. The van der Waals surface area contributed by atoms with Crippen molar-refractivity contribution in [2.75, 3.05) is 6.54 Å². The number of nitrogens with one attached hydrogen (secondary N) is 1. The standard InChI is InChI=1S/C13H17N3O/c1-10(2)12(9-14)13(17)16-8-5-11-3-6-15-7-4-11/h3-4,6-7,10,12H,5,8H2,1-2H3,(H,16,17). The Labute approximate surface area is 102 Å². The molecule has 1 atom stereocenters. The van der Waals surface area contributed by atoms with E-state index in [4.69, 9.17) is 5.26 Å². The van der Waals surface area contributed by atoms with Gasteiger partial charge < -0.3 is 5.32 Å². The second kappa shape index (κ2) is 6.64. The molecule has 0 saturated heterocycles. The van der Waals surface area contributed by atoms with Gasteiger partial charge in [0.05, 0.1) is 6.07 Å². The van der Waals surface area contributed by atoms with Gasteiger partial charge in [0.25, 0.3) is 0 Å². The molecule has 1 amide bonds. The van der Waals surface area contributed by atoms with Crippen molar-refractivity contribution in [2.24, 2.45) is 11.8 Å². The minimum atomic E-state index is -0.563. The van der Waals surface area contributed by atoms with Gasteiger partial charge >= 0.3 is 0 Å². The number of nitriles is 1. The Hall–Kier alpha value is -1.89. The number of rotatable bonds is 5. The Morgan fingerprint density at radius 1 is 1.47 bits per heavy atom. The van der Waals surface area contributed by atoms with Crippen LogP contribution in [-0.4, -0.2) is 17.4 Å². The molecule has 0 aromatic carbocycles. The van der Waals surface area contributed by atoms with Crippen molar-refractivity contribution in [2.45, 2.75) is 20.3 Å². The van der Waals surface area contributed by atoms with Crippen molar-refractivity contribution in [1.29, 1.82) is 5.26 Å². The van der Waals surface area contributed by atoms with Crippen molar-refractivity contribution in [1.82, 2.24) is 10.3 Å². The summed E-state index contributed by atoms with van der Waals surface area (Å²) in [5.41, 5.74) is 1.12. The summed E-state index contributed by atoms with van der Waals surface area (Å²) in [4.78, 5) is 15.6. The van der Waals surface area contributed by atoms with Gasteiger partial charge in [-0.05, 0) is 30.0 Å². The Kier molecular flexibility index (Phi) is 5.15. The molecule has 17 heavy (non-hydrogen) atoms. The second-order valence-corrected chi connectivity index (χ2v) is 4.25. The molecule has 0 aliphatic carbocycles. The van der Waals surface area contributed by atoms with Crippen LogP contribution in [0.1, 0.15) is 19.4 Å². The molecule has 90 valence electrons. The number of carbonyl (C=O) groups is 1. The normalized spacial score (nSPS) is 11.9. The highest BCUT2D eigenvalue weighted by atomic mass is 16.1. The van der Waals surface area contributed by atoms with E-state index in [-0.39, 0.29) is 11.8 Å². The highest BCUT2D eigenvalue weighted by Crippen LogP contribution is 2.09. The van der Waals surface area contributed by atoms with Crippen LogP contribution in [0.15, 0.2) is 24.5 Å². The van der Waals surface area contributed by atoms with Crippen molar-refractivity contribution in [3.8, 4) is 6.07 Å². The fourth-order valence-electron chi connectivity index (χ4n) is 1.50. The van der Waals surface area contributed by atoms with Crippen LogP contribution in [0.5, 0.6) is 0 Å². The lowest BCUT2D eigenvalue weighted by Crippen LogP contribution is -2.34. The van der Waals surface area contributed by atoms with Gasteiger partial charge in [-0.2, -0.15) is 5.26 Å². The first-order valence-electron chi connectivity index (χ1n) is 5.71. The molecule has 0 aliphatic heterocycles. The molecular formula is C13H17N3O. The lowest BCUT2D eigenvalue weighted by Gasteiger charge is -2.12. The van der Waals surface area contributed by atoms with Crippen molar-refractivity contribution < 1.29 is 4.79 Å². The van der Waals surface area contributed by atoms with E-state index >= 15 is 0 Å². The van der Waals surface area contributed by atoms with Crippen LogP contribution in [0.2, 0.25) is 0 Å². The van der Waals surface area contributed by atoms with Crippen LogP contribution in [0.3, 0.4) is 0 Å². The zero-order chi connectivity index (χ0) is 12.7. The number of pyridine rings is 1. The van der Waals surface area contributed by atoms with Gasteiger partial charge in [-0.25, -0.2) is 0 Å². The van der Waals surface area contributed by atoms with E-state index in [0.29, 0.717) is 6.54 Å². The number of carbonyl (C=O) groups excluding carboxylic acids is 1. The summed E-state index contributed by atoms with van der Waals surface area (Å²) in [6.45, 7) is 4.29. The van der Waals surface area contributed by atoms with E-state index in [2.05, 4.69) is 10.3 Å². The summed E-state index contributed by atoms with van der Waals surface area (Å²) in [7, 11) is 0. The summed E-state index contributed by atoms with van der Waals surface area (Å²) < 4.78 is 0. The molecule has 1 N–H and O–H groups in total. The van der Waals surface area contributed by atoms with Crippen LogP contribution in [0, 0.1) is 23.2 Å². The minimum Gasteiger partial charge on any atom is -0.355 e. The van der Waals surface area contributed by atoms with Crippen molar-refractivity contribution >= 4 is 5.91 Å². The maximum atomic E-state index is 11.7. The first-order chi connectivity index (χ1) is 8.15. The number of amides is 1. The Bertz CT molecular complexity index is 395. The van der Waals surface area contributed by atoms with Crippen molar-refractivity contribution in [3.63, 3.8) is 0 Å². The second-order valence-electron chi connectivity index (χ2n) is 4.25. The van der Waals surface area contributed by atoms with Gasteiger partial charge in [-0.15, -0.1) is 0 Å². The van der Waals surface area contributed by atoms with Crippen LogP contribution in [0.25, 0.3) is 0 Å². The molecule has 1 aromatic heterocycles. The number of hydrogen-bond donors (Lipinski definition) is 1. The first kappa shape index (κ1) is 13.2. The van der Waals surface area contributed by atoms with Gasteiger partial charge in [0.2, 0.25) is 5.91 Å². The van der Waals surface area contributed by atoms with Gasteiger partial charge in [0, 0.05) is 18.9 Å². The van der Waals surface area contributed by atoms with Gasteiger partial charge in [-0.1, -0.05) is 13.8 Å². The molecule has 1 aromatic rings. The molecule has 0 saturated carbocycles. The van der Waals surface area contributed by atoms with E-state index < -0.39 is 5.92 Å². The van der Waals surface area contributed by atoms with E-state index in [0.717, 1.165) is 12.0 Å². The predicted molar refractivity (Wildman–Crippen MR) is 64.9 cm³/mol. The summed E-state index contributed by atoms with van der Waals surface area (Å²) >= 11 is 0. The molecule has 1 heterocycles. The van der Waals surface area contributed by atoms with Gasteiger partial charge in [-0.3, -0.25) is 9.78 Å². The van der Waals surface area contributed by atoms with Crippen molar-refractivity contribution in [3.05, 3.63) is 30.1 Å². The Balaban J connectivity index is 2.37. The average molecular weight is 231 g/mol. The molecule has 4 heteroatoms. The van der Waals surface area contributed by atoms with Gasteiger partial charge in [0.15, 0.2) is 0 Å². The highest BCUT2D eigenvalue weighted by Gasteiger charge is 2.20. The number of hydrogen-bond acceptors (Lipinski definition) is 3.